The van der Waals surface area contributed by atoms with E-state index in [2.05, 4.69) is 10.2 Å². The van der Waals surface area contributed by atoms with Crippen molar-refractivity contribution in [2.24, 2.45) is 5.18 Å². The van der Waals surface area contributed by atoms with Gasteiger partial charge in [0.05, 0.1) is 0 Å². The van der Waals surface area contributed by atoms with Gasteiger partial charge in [0.2, 0.25) is 5.82 Å². The van der Waals surface area contributed by atoms with Gasteiger partial charge in [-0.25, -0.2) is 4.98 Å². The standard InChI is InChI=1S/C17H10ClN3O/c18-14-7-8-21-15(10-14)19-16(17(21)20-22)13-6-5-11-3-1-2-4-12(11)9-13/h1-10H. The molecule has 0 saturated heterocycles. The van der Waals surface area contributed by atoms with Gasteiger partial charge in [0.15, 0.2) is 0 Å². The predicted molar refractivity (Wildman–Crippen MR) is 88.6 cm³/mol. The summed E-state index contributed by atoms with van der Waals surface area (Å²) in [7, 11) is 0. The third-order valence-electron chi connectivity index (χ3n) is 3.67. The molecule has 4 nitrogen and oxygen atoms in total. The number of nitrogens with zero attached hydrogens (tertiary/aromatic N) is 3. The van der Waals surface area contributed by atoms with Gasteiger partial charge >= 0.3 is 0 Å². The van der Waals surface area contributed by atoms with Gasteiger partial charge in [0.1, 0.15) is 11.3 Å². The molecule has 106 valence electrons. The van der Waals surface area contributed by atoms with Gasteiger partial charge < -0.3 is 0 Å². The summed E-state index contributed by atoms with van der Waals surface area (Å²) in [5.74, 6) is 0.280. The molecule has 0 atom stereocenters. The number of benzene rings is 2. The molecule has 0 aliphatic rings. The van der Waals surface area contributed by atoms with E-state index in [1.165, 1.54) is 0 Å². The summed E-state index contributed by atoms with van der Waals surface area (Å²) in [4.78, 5) is 15.8. The topological polar surface area (TPSA) is 46.7 Å². The van der Waals surface area contributed by atoms with E-state index in [-0.39, 0.29) is 5.82 Å². The van der Waals surface area contributed by atoms with Gasteiger partial charge in [-0.2, -0.15) is 0 Å². The van der Waals surface area contributed by atoms with Crippen LogP contribution in [0.5, 0.6) is 0 Å². The number of imidazole rings is 1. The number of nitroso groups, excluding NO2 is 1. The van der Waals surface area contributed by atoms with Gasteiger partial charge in [-0.15, -0.1) is 4.91 Å². The molecule has 0 unspecified atom stereocenters. The fraction of sp³-hybridized carbons (Fsp3) is 0. The Kier molecular flexibility index (Phi) is 2.91. The molecule has 0 amide bonds. The van der Waals surface area contributed by atoms with Crippen LogP contribution in [0.4, 0.5) is 5.82 Å². The van der Waals surface area contributed by atoms with E-state index in [1.54, 1.807) is 22.7 Å². The quantitative estimate of drug-likeness (QED) is 0.477. The molecule has 5 heteroatoms. The van der Waals surface area contributed by atoms with Crippen LogP contribution in [0, 0.1) is 4.91 Å². The number of hydrogen-bond acceptors (Lipinski definition) is 3. The maximum atomic E-state index is 11.3. The first-order valence-corrected chi connectivity index (χ1v) is 7.14. The Morgan fingerprint density at radius 3 is 2.64 bits per heavy atom. The molecule has 0 aliphatic carbocycles. The second-order valence-corrected chi connectivity index (χ2v) is 5.45. The summed E-state index contributed by atoms with van der Waals surface area (Å²) in [6, 6.07) is 17.4. The average Bonchev–Trinajstić information content (AvgIpc) is 2.91. The van der Waals surface area contributed by atoms with Crippen molar-refractivity contribution in [3.05, 3.63) is 70.7 Å². The summed E-state index contributed by atoms with van der Waals surface area (Å²) in [5, 5.41) is 5.95. The van der Waals surface area contributed by atoms with Crippen LogP contribution in [-0.4, -0.2) is 9.38 Å². The molecule has 0 N–H and O–H groups in total. The molecule has 2 aromatic carbocycles. The molecule has 4 aromatic rings. The minimum atomic E-state index is 0.280. The van der Waals surface area contributed by atoms with E-state index in [4.69, 9.17) is 11.6 Å². The Bertz CT molecular complexity index is 1020. The van der Waals surface area contributed by atoms with Gasteiger partial charge in [0.25, 0.3) is 0 Å². The molecule has 0 fully saturated rings. The average molecular weight is 308 g/mol. The fourth-order valence-electron chi connectivity index (χ4n) is 2.62. The minimum Gasteiger partial charge on any atom is -0.281 e. The highest BCUT2D eigenvalue weighted by molar-refractivity contribution is 6.30. The van der Waals surface area contributed by atoms with Crippen LogP contribution in [0.15, 0.2) is 66.0 Å². The van der Waals surface area contributed by atoms with Gasteiger partial charge in [-0.05, 0) is 28.1 Å². The van der Waals surface area contributed by atoms with Crippen molar-refractivity contribution >= 4 is 33.8 Å². The second-order valence-electron chi connectivity index (χ2n) is 5.01. The lowest BCUT2D eigenvalue weighted by Gasteiger charge is -2.01. The molecule has 0 aliphatic heterocycles. The van der Waals surface area contributed by atoms with Gasteiger partial charge in [0, 0.05) is 22.8 Å². The first-order valence-electron chi connectivity index (χ1n) is 6.76. The normalized spacial score (nSPS) is 11.1. The molecule has 0 saturated carbocycles. The van der Waals surface area contributed by atoms with Crippen molar-refractivity contribution in [3.8, 4) is 11.3 Å². The van der Waals surface area contributed by atoms with E-state index < -0.39 is 0 Å². The minimum absolute atomic E-state index is 0.280. The zero-order valence-corrected chi connectivity index (χ0v) is 12.2. The SMILES string of the molecule is O=Nc1c(-c2ccc3ccccc3c2)nc2cc(Cl)ccn12. The number of aromatic nitrogens is 2. The summed E-state index contributed by atoms with van der Waals surface area (Å²) in [5.41, 5.74) is 2.02. The maximum Gasteiger partial charge on any atom is 0.209 e. The Hall–Kier alpha value is -2.72. The number of hydrogen-bond donors (Lipinski definition) is 0. The van der Waals surface area contributed by atoms with E-state index >= 15 is 0 Å². The van der Waals surface area contributed by atoms with Gasteiger partial charge in [-0.3, -0.25) is 4.40 Å². The van der Waals surface area contributed by atoms with Crippen molar-refractivity contribution < 1.29 is 0 Å². The summed E-state index contributed by atoms with van der Waals surface area (Å²) in [6.45, 7) is 0. The molecular formula is C17H10ClN3O. The van der Waals surface area contributed by atoms with Crippen molar-refractivity contribution in [2.75, 3.05) is 0 Å². The highest BCUT2D eigenvalue weighted by Gasteiger charge is 2.15. The molecular weight excluding hydrogens is 298 g/mol. The highest BCUT2D eigenvalue weighted by atomic mass is 35.5. The molecule has 22 heavy (non-hydrogen) atoms. The van der Waals surface area contributed by atoms with Crippen molar-refractivity contribution in [3.63, 3.8) is 0 Å². The van der Waals surface area contributed by atoms with Crippen molar-refractivity contribution in [2.45, 2.75) is 0 Å². The molecule has 0 spiro atoms. The third kappa shape index (κ3) is 1.96. The van der Waals surface area contributed by atoms with Crippen LogP contribution in [0.25, 0.3) is 27.7 Å². The third-order valence-corrected chi connectivity index (χ3v) is 3.91. The number of pyridine rings is 1. The zero-order chi connectivity index (χ0) is 15.1. The first kappa shape index (κ1) is 13.0. The smallest absolute Gasteiger partial charge is 0.209 e. The van der Waals surface area contributed by atoms with Crippen LogP contribution >= 0.6 is 11.6 Å². The van der Waals surface area contributed by atoms with E-state index in [0.29, 0.717) is 16.4 Å². The zero-order valence-electron chi connectivity index (χ0n) is 11.4. The molecule has 2 aromatic heterocycles. The Balaban J connectivity index is 2.00. The van der Waals surface area contributed by atoms with E-state index in [0.717, 1.165) is 16.3 Å². The molecule has 2 heterocycles. The highest BCUT2D eigenvalue weighted by Crippen LogP contribution is 2.33. The molecule has 4 rings (SSSR count). The number of fused-ring (bicyclic) bond motifs is 2. The summed E-state index contributed by atoms with van der Waals surface area (Å²) >= 11 is 5.99. The van der Waals surface area contributed by atoms with Crippen LogP contribution < -0.4 is 0 Å². The summed E-state index contributed by atoms with van der Waals surface area (Å²) < 4.78 is 1.64. The fourth-order valence-corrected chi connectivity index (χ4v) is 2.78. The number of halogens is 1. The van der Waals surface area contributed by atoms with Crippen LogP contribution in [0.3, 0.4) is 0 Å². The second kappa shape index (κ2) is 4.93. The Morgan fingerprint density at radius 1 is 1.00 bits per heavy atom. The molecule has 0 radical (unpaired) electrons. The lowest BCUT2D eigenvalue weighted by molar-refractivity contribution is 1.16. The predicted octanol–water partition coefficient (Wildman–Crippen LogP) is 5.21. The Morgan fingerprint density at radius 2 is 1.82 bits per heavy atom. The maximum absolute atomic E-state index is 11.3. The monoisotopic (exact) mass is 307 g/mol. The largest absolute Gasteiger partial charge is 0.281 e. The van der Waals surface area contributed by atoms with Crippen molar-refractivity contribution in [1.29, 1.82) is 0 Å². The van der Waals surface area contributed by atoms with Crippen LogP contribution in [-0.2, 0) is 0 Å². The van der Waals surface area contributed by atoms with E-state index in [9.17, 15) is 4.91 Å². The lowest BCUT2D eigenvalue weighted by Crippen LogP contribution is -1.82. The lowest BCUT2D eigenvalue weighted by atomic mass is 10.1. The Labute approximate surface area is 131 Å². The van der Waals surface area contributed by atoms with Gasteiger partial charge in [-0.1, -0.05) is 48.0 Å². The van der Waals surface area contributed by atoms with Crippen LogP contribution in [0.2, 0.25) is 5.02 Å². The van der Waals surface area contributed by atoms with Crippen molar-refractivity contribution in [1.82, 2.24) is 9.38 Å². The molecule has 0 bridgehead atoms. The van der Waals surface area contributed by atoms with Crippen LogP contribution in [0.1, 0.15) is 0 Å². The first-order chi connectivity index (χ1) is 10.8. The summed E-state index contributed by atoms with van der Waals surface area (Å²) in [6.07, 6.45) is 1.70. The number of rotatable bonds is 2. The van der Waals surface area contributed by atoms with E-state index in [1.807, 2.05) is 42.5 Å².